The van der Waals surface area contributed by atoms with Gasteiger partial charge in [-0.3, -0.25) is 9.78 Å². The van der Waals surface area contributed by atoms with E-state index in [1.165, 1.54) is 36.5 Å². The van der Waals surface area contributed by atoms with Crippen molar-refractivity contribution in [2.24, 2.45) is 0 Å². The molecule has 2 heterocycles. The summed E-state index contributed by atoms with van der Waals surface area (Å²) in [5, 5.41) is 5.76. The maximum Gasteiger partial charge on any atom is 0.433 e. The highest BCUT2D eigenvalue weighted by atomic mass is 32.1. The molecule has 27 heavy (non-hydrogen) atoms. The highest BCUT2D eigenvalue weighted by Crippen LogP contribution is 2.32. The molecule has 1 aliphatic rings. The van der Waals surface area contributed by atoms with Crippen LogP contribution in [0.5, 0.6) is 0 Å². The molecule has 3 rings (SSSR count). The fourth-order valence-electron chi connectivity index (χ4n) is 2.68. The van der Waals surface area contributed by atoms with E-state index in [2.05, 4.69) is 28.2 Å². The lowest BCUT2D eigenvalue weighted by atomic mass is 9.98. The largest absolute Gasteiger partial charge is 0.433 e. The van der Waals surface area contributed by atoms with Gasteiger partial charge in [-0.25, -0.2) is 4.39 Å². The number of halogens is 4. The number of pyridine rings is 1. The third kappa shape index (κ3) is 4.67. The Balaban J connectivity index is 1.69. The summed E-state index contributed by atoms with van der Waals surface area (Å²) in [6.07, 6.45) is -2.98. The maximum absolute atomic E-state index is 12.9. The lowest BCUT2D eigenvalue weighted by molar-refractivity contribution is -0.141. The van der Waals surface area contributed by atoms with Crippen molar-refractivity contribution in [3.63, 3.8) is 0 Å². The SMILES string of the molecule is O=C(Nc1ccc(F)cc1)C1=C(S)CC(c2ccc(C(F)(F)F)nc2)NC1. The molecule has 2 N–H and O–H groups in total. The van der Waals surface area contributed by atoms with Gasteiger partial charge in [0.15, 0.2) is 0 Å². The Morgan fingerprint density at radius 3 is 2.44 bits per heavy atom. The highest BCUT2D eigenvalue weighted by Gasteiger charge is 2.32. The van der Waals surface area contributed by atoms with Crippen LogP contribution in [0.15, 0.2) is 53.1 Å². The molecule has 4 nitrogen and oxygen atoms in total. The van der Waals surface area contributed by atoms with Crippen molar-refractivity contribution in [2.45, 2.75) is 18.6 Å². The molecule has 0 saturated heterocycles. The van der Waals surface area contributed by atoms with E-state index >= 15 is 0 Å². The first-order valence-corrected chi connectivity index (χ1v) is 8.43. The van der Waals surface area contributed by atoms with Crippen molar-refractivity contribution in [1.29, 1.82) is 0 Å². The fourth-order valence-corrected chi connectivity index (χ4v) is 3.05. The third-order valence-corrected chi connectivity index (χ3v) is 4.58. The second kappa shape index (κ2) is 7.69. The highest BCUT2D eigenvalue weighted by molar-refractivity contribution is 7.84. The Hall–Kier alpha value is -2.39. The zero-order valence-electron chi connectivity index (χ0n) is 13.8. The quantitative estimate of drug-likeness (QED) is 0.540. The standard InChI is InChI=1S/C18H15F4N3OS/c19-11-2-4-12(5-3-11)25-17(26)13-9-23-14(7-15(13)27)10-1-6-16(24-8-10)18(20,21)22/h1-6,8,14,23,27H,7,9H2,(H,25,26). The van der Waals surface area contributed by atoms with Crippen LogP contribution in [-0.2, 0) is 11.0 Å². The summed E-state index contributed by atoms with van der Waals surface area (Å²) in [5.41, 5.74) is 0.485. The van der Waals surface area contributed by atoms with E-state index in [-0.39, 0.29) is 18.5 Å². The van der Waals surface area contributed by atoms with Crippen LogP contribution < -0.4 is 10.6 Å². The molecule has 0 aliphatic carbocycles. The predicted octanol–water partition coefficient (Wildman–Crippen LogP) is 4.10. The van der Waals surface area contributed by atoms with Gasteiger partial charge in [0.05, 0.1) is 0 Å². The van der Waals surface area contributed by atoms with Crippen LogP contribution in [0, 0.1) is 5.82 Å². The minimum atomic E-state index is -4.49. The van der Waals surface area contributed by atoms with Crippen molar-refractivity contribution in [3.8, 4) is 0 Å². The molecule has 0 bridgehead atoms. The van der Waals surface area contributed by atoms with E-state index in [1.807, 2.05) is 0 Å². The van der Waals surface area contributed by atoms with Crippen molar-refractivity contribution in [3.05, 3.63) is 70.1 Å². The fraction of sp³-hybridized carbons (Fsp3) is 0.222. The van der Waals surface area contributed by atoms with Crippen molar-refractivity contribution in [1.82, 2.24) is 10.3 Å². The Morgan fingerprint density at radius 1 is 1.19 bits per heavy atom. The van der Waals surface area contributed by atoms with Gasteiger partial charge >= 0.3 is 6.18 Å². The minimum Gasteiger partial charge on any atom is -0.322 e. The molecule has 0 radical (unpaired) electrons. The molecule has 9 heteroatoms. The summed E-state index contributed by atoms with van der Waals surface area (Å²) in [6.45, 7) is 0.192. The zero-order valence-corrected chi connectivity index (χ0v) is 14.7. The second-order valence-corrected chi connectivity index (χ2v) is 6.54. The normalized spacial score (nSPS) is 17.7. The van der Waals surface area contributed by atoms with Gasteiger partial charge < -0.3 is 10.6 Å². The van der Waals surface area contributed by atoms with E-state index in [0.29, 0.717) is 28.1 Å². The molecule has 0 saturated carbocycles. The molecule has 142 valence electrons. The number of benzene rings is 1. The number of rotatable bonds is 3. The Bertz CT molecular complexity index is 864. The van der Waals surface area contributed by atoms with Gasteiger partial charge in [-0.05, 0) is 47.2 Å². The number of alkyl halides is 3. The van der Waals surface area contributed by atoms with E-state index in [9.17, 15) is 22.4 Å². The molecule has 0 fully saturated rings. The molecular formula is C18H15F4N3OS. The number of nitrogens with one attached hydrogen (secondary N) is 2. The third-order valence-electron chi connectivity index (χ3n) is 4.13. The van der Waals surface area contributed by atoms with Crippen LogP contribution in [-0.4, -0.2) is 17.4 Å². The van der Waals surface area contributed by atoms with Crippen LogP contribution in [0.1, 0.15) is 23.7 Å². The summed E-state index contributed by atoms with van der Waals surface area (Å²) in [4.78, 5) is 16.3. The van der Waals surface area contributed by atoms with Gasteiger partial charge in [-0.2, -0.15) is 13.2 Å². The number of hydrogen-bond donors (Lipinski definition) is 3. The van der Waals surface area contributed by atoms with Crippen molar-refractivity contribution >= 4 is 24.2 Å². The van der Waals surface area contributed by atoms with Gasteiger partial charge in [0.2, 0.25) is 0 Å². The number of hydrogen-bond acceptors (Lipinski definition) is 4. The van der Waals surface area contributed by atoms with E-state index < -0.39 is 17.7 Å². The predicted molar refractivity (Wildman–Crippen MR) is 95.6 cm³/mol. The van der Waals surface area contributed by atoms with Crippen LogP contribution in [0.4, 0.5) is 23.2 Å². The van der Waals surface area contributed by atoms with Gasteiger partial charge in [0.1, 0.15) is 11.5 Å². The average molecular weight is 397 g/mol. The number of carbonyl (C=O) groups is 1. The average Bonchev–Trinajstić information content (AvgIpc) is 2.63. The molecule has 1 aromatic carbocycles. The lowest BCUT2D eigenvalue weighted by Crippen LogP contribution is -2.33. The van der Waals surface area contributed by atoms with Gasteiger partial charge in [-0.1, -0.05) is 6.07 Å². The summed E-state index contributed by atoms with van der Waals surface area (Å²) in [5.74, 6) is -0.780. The molecule has 1 unspecified atom stereocenters. The van der Waals surface area contributed by atoms with E-state index in [4.69, 9.17) is 0 Å². The maximum atomic E-state index is 12.9. The first-order valence-electron chi connectivity index (χ1n) is 7.98. The number of carbonyl (C=O) groups excluding carboxylic acids is 1. The van der Waals surface area contributed by atoms with Gasteiger partial charge in [-0.15, -0.1) is 12.6 Å². The Labute approximate surface area is 158 Å². The second-order valence-electron chi connectivity index (χ2n) is 6.00. The van der Waals surface area contributed by atoms with Crippen molar-refractivity contribution < 1.29 is 22.4 Å². The minimum absolute atomic E-state index is 0.192. The lowest BCUT2D eigenvalue weighted by Gasteiger charge is -2.26. The van der Waals surface area contributed by atoms with Crippen LogP contribution in [0.3, 0.4) is 0 Å². The Kier molecular flexibility index (Phi) is 5.52. The molecule has 1 aromatic heterocycles. The first kappa shape index (κ1) is 19.4. The Morgan fingerprint density at radius 2 is 1.89 bits per heavy atom. The molecule has 1 atom stereocenters. The zero-order chi connectivity index (χ0) is 19.6. The summed E-state index contributed by atoms with van der Waals surface area (Å²) in [6, 6.07) is 7.34. The van der Waals surface area contributed by atoms with Crippen LogP contribution in [0.2, 0.25) is 0 Å². The summed E-state index contributed by atoms with van der Waals surface area (Å²) >= 11 is 4.37. The number of nitrogens with zero attached hydrogens (tertiary/aromatic N) is 1. The number of thiol groups is 1. The monoisotopic (exact) mass is 397 g/mol. The summed E-state index contributed by atoms with van der Waals surface area (Å²) < 4.78 is 50.7. The number of amides is 1. The smallest absolute Gasteiger partial charge is 0.322 e. The number of aromatic nitrogens is 1. The van der Waals surface area contributed by atoms with Gasteiger partial charge in [0, 0.05) is 30.0 Å². The van der Waals surface area contributed by atoms with Crippen LogP contribution >= 0.6 is 12.6 Å². The van der Waals surface area contributed by atoms with Gasteiger partial charge in [0.25, 0.3) is 5.91 Å². The van der Waals surface area contributed by atoms with E-state index in [1.54, 1.807) is 0 Å². The van der Waals surface area contributed by atoms with Crippen molar-refractivity contribution in [2.75, 3.05) is 11.9 Å². The molecule has 1 aliphatic heterocycles. The first-order chi connectivity index (χ1) is 12.7. The molecule has 0 spiro atoms. The topological polar surface area (TPSA) is 54.0 Å². The molecule has 1 amide bonds. The molecule has 2 aromatic rings. The molecular weight excluding hydrogens is 382 g/mol. The summed E-state index contributed by atoms with van der Waals surface area (Å²) in [7, 11) is 0. The number of anilines is 1. The van der Waals surface area contributed by atoms with E-state index in [0.717, 1.165) is 6.07 Å². The van der Waals surface area contributed by atoms with Crippen LogP contribution in [0.25, 0.3) is 0 Å².